The van der Waals surface area contributed by atoms with Crippen molar-refractivity contribution in [2.75, 3.05) is 0 Å². The van der Waals surface area contributed by atoms with Gasteiger partial charge in [0.25, 0.3) is 0 Å². The Morgan fingerprint density at radius 2 is 1.50 bits per heavy atom. The van der Waals surface area contributed by atoms with E-state index in [1.165, 1.54) is 0 Å². The number of alkyl halides is 2. The highest BCUT2D eigenvalue weighted by Gasteiger charge is 2.41. The molecule has 180 valence electrons. The molecular weight excluding hydrogens is 465 g/mol. The predicted molar refractivity (Wildman–Crippen MR) is 112 cm³/mol. The molecule has 0 heterocycles. The summed E-state index contributed by atoms with van der Waals surface area (Å²) in [7, 11) is 0. The summed E-state index contributed by atoms with van der Waals surface area (Å²) in [6.07, 6.45) is -3.95. The van der Waals surface area contributed by atoms with E-state index in [1.807, 2.05) is 0 Å². The average Bonchev–Trinajstić information content (AvgIpc) is 2.76. The van der Waals surface area contributed by atoms with Crippen molar-refractivity contribution in [1.29, 1.82) is 0 Å². The Kier molecular flexibility index (Phi) is 7.86. The van der Waals surface area contributed by atoms with Gasteiger partial charge in [0, 0.05) is 6.07 Å². The summed E-state index contributed by atoms with van der Waals surface area (Å²) in [5, 5.41) is 0. The fraction of sp³-hybridized carbons (Fsp3) is 0.200. The topological polar surface area (TPSA) is 18.5 Å². The van der Waals surface area contributed by atoms with E-state index in [0.29, 0.717) is 11.6 Å². The zero-order valence-electron chi connectivity index (χ0n) is 17.9. The maximum atomic E-state index is 14.6. The Balaban J connectivity index is 1.83. The lowest BCUT2D eigenvalue weighted by Gasteiger charge is -2.20. The number of aryl methyl sites for hydroxylation is 1. The number of halogens is 7. The van der Waals surface area contributed by atoms with Crippen LogP contribution in [0.4, 0.5) is 30.7 Å². The Morgan fingerprint density at radius 1 is 0.853 bits per heavy atom. The van der Waals surface area contributed by atoms with Gasteiger partial charge in [0.15, 0.2) is 17.8 Å². The molecular formula is C25H19F7O2. The summed E-state index contributed by atoms with van der Waals surface area (Å²) in [5.74, 6) is -5.90. The molecule has 0 amide bonds. The van der Waals surface area contributed by atoms with Crippen LogP contribution in [0.3, 0.4) is 0 Å². The van der Waals surface area contributed by atoms with Gasteiger partial charge in [-0.3, -0.25) is 0 Å². The second-order valence-electron chi connectivity index (χ2n) is 7.35. The lowest BCUT2D eigenvalue weighted by atomic mass is 10.00. The third-order valence-electron chi connectivity index (χ3n) is 4.86. The maximum Gasteiger partial charge on any atom is 0.432 e. The van der Waals surface area contributed by atoms with Gasteiger partial charge in [-0.2, -0.15) is 17.6 Å². The quantitative estimate of drug-likeness (QED) is 0.224. The average molecular weight is 484 g/mol. The standard InChI is InChI=1S/C25H19F7O2/c1-2-3-4-15-5-7-16(8-6-15)17-11-20(27)24(21(28)12-17)25(31,32)34-18-9-10-22(19(26)13-18)33-14-23(29)30/h5-14H,2-4H2,1H3. The highest BCUT2D eigenvalue weighted by atomic mass is 19.3. The fourth-order valence-corrected chi connectivity index (χ4v) is 3.21. The van der Waals surface area contributed by atoms with Crippen molar-refractivity contribution < 1.29 is 40.2 Å². The van der Waals surface area contributed by atoms with Crippen molar-refractivity contribution in [2.45, 2.75) is 32.3 Å². The van der Waals surface area contributed by atoms with Gasteiger partial charge in [-0.1, -0.05) is 37.6 Å². The van der Waals surface area contributed by atoms with Crippen LogP contribution < -0.4 is 9.47 Å². The van der Waals surface area contributed by atoms with Crippen LogP contribution >= 0.6 is 0 Å². The number of benzene rings is 3. The number of ether oxygens (including phenoxy) is 2. The van der Waals surface area contributed by atoms with Crippen molar-refractivity contribution in [3.05, 3.63) is 95.5 Å². The molecule has 0 aromatic heterocycles. The van der Waals surface area contributed by atoms with Gasteiger partial charge >= 0.3 is 12.2 Å². The molecule has 0 spiro atoms. The number of hydrogen-bond donors (Lipinski definition) is 0. The van der Waals surface area contributed by atoms with Gasteiger partial charge in [0.1, 0.15) is 22.9 Å². The van der Waals surface area contributed by atoms with Gasteiger partial charge in [0.05, 0.1) is 0 Å². The minimum Gasteiger partial charge on any atom is -0.456 e. The molecule has 2 nitrogen and oxygen atoms in total. The summed E-state index contributed by atoms with van der Waals surface area (Å²) < 4.78 is 105. The molecule has 0 bridgehead atoms. The number of unbranched alkanes of at least 4 members (excludes halogenated alkanes) is 1. The van der Waals surface area contributed by atoms with Crippen LogP contribution in [-0.4, -0.2) is 0 Å². The van der Waals surface area contributed by atoms with Crippen LogP contribution in [0, 0.1) is 17.5 Å². The first-order valence-corrected chi connectivity index (χ1v) is 10.2. The highest BCUT2D eigenvalue weighted by Crippen LogP contribution is 2.38. The fourth-order valence-electron chi connectivity index (χ4n) is 3.21. The first-order chi connectivity index (χ1) is 16.1. The number of rotatable bonds is 9. The van der Waals surface area contributed by atoms with E-state index in [-0.39, 0.29) is 11.8 Å². The van der Waals surface area contributed by atoms with Crippen LogP contribution in [0.5, 0.6) is 11.5 Å². The van der Waals surface area contributed by atoms with Crippen LogP contribution in [0.1, 0.15) is 30.9 Å². The predicted octanol–water partition coefficient (Wildman–Crippen LogP) is 8.36. The van der Waals surface area contributed by atoms with Crippen molar-refractivity contribution in [2.24, 2.45) is 0 Å². The molecule has 34 heavy (non-hydrogen) atoms. The molecule has 9 heteroatoms. The van der Waals surface area contributed by atoms with Gasteiger partial charge in [-0.25, -0.2) is 13.2 Å². The first kappa shape index (κ1) is 25.1. The molecule has 0 N–H and O–H groups in total. The van der Waals surface area contributed by atoms with E-state index in [9.17, 15) is 30.7 Å². The third kappa shape index (κ3) is 6.09. The third-order valence-corrected chi connectivity index (χ3v) is 4.86. The summed E-state index contributed by atoms with van der Waals surface area (Å²) in [6, 6.07) is 10.3. The molecule has 0 aliphatic heterocycles. The summed E-state index contributed by atoms with van der Waals surface area (Å²) >= 11 is 0. The van der Waals surface area contributed by atoms with E-state index in [1.54, 1.807) is 24.3 Å². The first-order valence-electron chi connectivity index (χ1n) is 10.2. The second kappa shape index (κ2) is 10.6. The van der Waals surface area contributed by atoms with Crippen molar-refractivity contribution >= 4 is 0 Å². The normalized spacial score (nSPS) is 11.3. The minimum absolute atomic E-state index is 0.0431. The maximum absolute atomic E-state index is 14.6. The van der Waals surface area contributed by atoms with Crippen LogP contribution in [-0.2, 0) is 12.5 Å². The lowest BCUT2D eigenvalue weighted by Crippen LogP contribution is -2.25. The van der Waals surface area contributed by atoms with Gasteiger partial charge in [0.2, 0.25) is 0 Å². The van der Waals surface area contributed by atoms with E-state index in [4.69, 9.17) is 0 Å². The van der Waals surface area contributed by atoms with Gasteiger partial charge in [-0.05, 0) is 53.8 Å². The smallest absolute Gasteiger partial charge is 0.432 e. The van der Waals surface area contributed by atoms with Crippen molar-refractivity contribution in [1.82, 2.24) is 0 Å². The molecule has 0 aliphatic rings. The molecule has 0 saturated heterocycles. The SMILES string of the molecule is CCCCc1ccc(-c2cc(F)c(C(F)(F)Oc3ccc(OC=C(F)F)c(F)c3)c(F)c2)cc1. The van der Waals surface area contributed by atoms with E-state index >= 15 is 0 Å². The molecule has 0 saturated carbocycles. The Bertz CT molecular complexity index is 1150. The summed E-state index contributed by atoms with van der Waals surface area (Å²) in [4.78, 5) is 0. The molecule has 3 rings (SSSR count). The summed E-state index contributed by atoms with van der Waals surface area (Å²) in [5.41, 5.74) is -0.126. The molecule has 0 radical (unpaired) electrons. The zero-order valence-corrected chi connectivity index (χ0v) is 17.9. The summed E-state index contributed by atoms with van der Waals surface area (Å²) in [6.45, 7) is 2.05. The van der Waals surface area contributed by atoms with Crippen LogP contribution in [0.25, 0.3) is 11.1 Å². The van der Waals surface area contributed by atoms with E-state index in [0.717, 1.165) is 49.1 Å². The zero-order chi connectivity index (χ0) is 24.9. The molecule has 0 aliphatic carbocycles. The molecule has 0 fully saturated rings. The molecule has 3 aromatic rings. The molecule has 0 unspecified atom stereocenters. The lowest BCUT2D eigenvalue weighted by molar-refractivity contribution is -0.189. The van der Waals surface area contributed by atoms with Crippen LogP contribution in [0.2, 0.25) is 0 Å². The Morgan fingerprint density at radius 3 is 2.06 bits per heavy atom. The second-order valence-corrected chi connectivity index (χ2v) is 7.35. The molecule has 0 atom stereocenters. The Hall–Kier alpha value is -3.49. The van der Waals surface area contributed by atoms with Crippen molar-refractivity contribution in [3.63, 3.8) is 0 Å². The number of hydrogen-bond acceptors (Lipinski definition) is 2. The minimum atomic E-state index is -4.50. The Labute approximate surface area is 191 Å². The largest absolute Gasteiger partial charge is 0.456 e. The van der Waals surface area contributed by atoms with Gasteiger partial charge in [-0.15, -0.1) is 0 Å². The highest BCUT2D eigenvalue weighted by molar-refractivity contribution is 5.64. The van der Waals surface area contributed by atoms with Crippen molar-refractivity contribution in [3.8, 4) is 22.6 Å². The van der Waals surface area contributed by atoms with Crippen LogP contribution in [0.15, 0.2) is 66.9 Å². The van der Waals surface area contributed by atoms with E-state index in [2.05, 4.69) is 16.4 Å². The van der Waals surface area contributed by atoms with Gasteiger partial charge < -0.3 is 9.47 Å². The molecule has 3 aromatic carbocycles. The monoisotopic (exact) mass is 484 g/mol. The van der Waals surface area contributed by atoms with E-state index < -0.39 is 46.7 Å².